The number of nitriles is 2. The molecule has 0 heterocycles. The van der Waals surface area contributed by atoms with E-state index in [9.17, 15) is 10.1 Å². The van der Waals surface area contributed by atoms with Crippen LogP contribution in [-0.4, -0.2) is 11.6 Å². The number of nitrogens with two attached hydrogens (primary N) is 1. The number of nitrogens with zero attached hydrogens (tertiary/aromatic N) is 3. The van der Waals surface area contributed by atoms with Gasteiger partial charge < -0.3 is 5.73 Å². The molecule has 2 aromatic rings. The van der Waals surface area contributed by atoms with E-state index in [0.29, 0.717) is 24.2 Å². The maximum Gasteiger partial charge on any atom is 0.140 e. The Balaban J connectivity index is 2.60. The summed E-state index contributed by atoms with van der Waals surface area (Å²) >= 11 is 0. The highest BCUT2D eigenvalue weighted by atomic mass is 16.1. The van der Waals surface area contributed by atoms with E-state index in [2.05, 4.69) is 17.1 Å². The van der Waals surface area contributed by atoms with Crippen LogP contribution in [0, 0.1) is 22.7 Å². The van der Waals surface area contributed by atoms with Crippen molar-refractivity contribution in [1.29, 1.82) is 10.5 Å². The summed E-state index contributed by atoms with van der Waals surface area (Å²) < 4.78 is 0. The number of ketones is 1. The first-order valence-corrected chi connectivity index (χ1v) is 9.10. The lowest BCUT2D eigenvalue weighted by Gasteiger charge is -2.34. The van der Waals surface area contributed by atoms with E-state index in [1.54, 1.807) is 32.0 Å². The summed E-state index contributed by atoms with van der Waals surface area (Å²) in [6, 6.07) is 19.1. The van der Waals surface area contributed by atoms with Gasteiger partial charge >= 0.3 is 0 Å². The molecule has 2 unspecified atom stereocenters. The van der Waals surface area contributed by atoms with E-state index in [1.165, 1.54) is 0 Å². The van der Waals surface area contributed by atoms with Crippen molar-refractivity contribution in [3.63, 3.8) is 0 Å². The first-order chi connectivity index (χ1) is 13.3. The SMILES string of the molecule is CC(=O)C(c1ccc(CCC#N)cc1)C(C)(N=C(C)N)c1cccc(C#N)c1. The van der Waals surface area contributed by atoms with Crippen LogP contribution in [0.3, 0.4) is 0 Å². The van der Waals surface area contributed by atoms with Crippen LogP contribution in [-0.2, 0) is 16.8 Å². The van der Waals surface area contributed by atoms with E-state index < -0.39 is 11.5 Å². The number of hydrogen-bond acceptors (Lipinski definition) is 4. The Hall–Kier alpha value is -3.44. The molecule has 2 aromatic carbocycles. The number of rotatable bonds is 7. The molecule has 0 fully saturated rings. The van der Waals surface area contributed by atoms with Gasteiger partial charge in [-0.05, 0) is 56.0 Å². The van der Waals surface area contributed by atoms with Gasteiger partial charge in [0.05, 0.1) is 35.0 Å². The molecular formula is C23H24N4O. The minimum absolute atomic E-state index is 0.0420. The lowest BCUT2D eigenvalue weighted by atomic mass is 9.73. The largest absolute Gasteiger partial charge is 0.388 e. The molecule has 0 aliphatic carbocycles. The summed E-state index contributed by atoms with van der Waals surface area (Å²) in [5.41, 5.74) is 8.09. The Morgan fingerprint density at radius 2 is 1.86 bits per heavy atom. The number of Topliss-reactive ketones (excluding diaryl/α,β-unsaturated/α-hetero) is 1. The molecule has 2 atom stereocenters. The zero-order chi connectivity index (χ0) is 20.7. The fraction of sp³-hybridized carbons (Fsp3) is 0.304. The number of aliphatic imine (C=N–C) groups is 1. The molecule has 0 radical (unpaired) electrons. The van der Waals surface area contributed by atoms with Crippen LogP contribution in [0.4, 0.5) is 0 Å². The van der Waals surface area contributed by atoms with E-state index in [1.807, 2.05) is 37.3 Å². The summed E-state index contributed by atoms with van der Waals surface area (Å²) in [4.78, 5) is 17.4. The summed E-state index contributed by atoms with van der Waals surface area (Å²) in [5, 5.41) is 18.0. The van der Waals surface area contributed by atoms with E-state index >= 15 is 0 Å². The third kappa shape index (κ3) is 4.64. The van der Waals surface area contributed by atoms with Gasteiger partial charge in [-0.15, -0.1) is 0 Å². The number of amidine groups is 1. The van der Waals surface area contributed by atoms with Crippen molar-refractivity contribution in [2.45, 2.75) is 45.1 Å². The van der Waals surface area contributed by atoms with Gasteiger partial charge in [-0.25, -0.2) is 0 Å². The van der Waals surface area contributed by atoms with Gasteiger partial charge in [0, 0.05) is 6.42 Å². The van der Waals surface area contributed by atoms with Crippen molar-refractivity contribution in [3.05, 3.63) is 70.8 Å². The summed E-state index contributed by atoms with van der Waals surface area (Å²) in [5.74, 6) is -0.244. The topological polar surface area (TPSA) is 103 Å². The lowest BCUT2D eigenvalue weighted by Crippen LogP contribution is -2.35. The van der Waals surface area contributed by atoms with Gasteiger partial charge in [0.15, 0.2) is 0 Å². The molecule has 5 nitrogen and oxygen atoms in total. The van der Waals surface area contributed by atoms with Crippen LogP contribution in [0.15, 0.2) is 53.5 Å². The zero-order valence-corrected chi connectivity index (χ0v) is 16.4. The fourth-order valence-electron chi connectivity index (χ4n) is 3.60. The van der Waals surface area contributed by atoms with Crippen LogP contribution in [0.1, 0.15) is 55.4 Å². The molecule has 5 heteroatoms. The average molecular weight is 372 g/mol. The quantitative estimate of drug-likeness (QED) is 0.586. The number of hydrogen-bond donors (Lipinski definition) is 1. The van der Waals surface area contributed by atoms with Crippen LogP contribution in [0.5, 0.6) is 0 Å². The fourth-order valence-corrected chi connectivity index (χ4v) is 3.60. The Bertz CT molecular complexity index is 959. The molecule has 0 amide bonds. The second kappa shape index (κ2) is 8.97. The van der Waals surface area contributed by atoms with E-state index in [-0.39, 0.29) is 5.78 Å². The summed E-state index contributed by atoms with van der Waals surface area (Å²) in [7, 11) is 0. The normalized spacial score (nSPS) is 14.4. The maximum absolute atomic E-state index is 12.7. The highest BCUT2D eigenvalue weighted by molar-refractivity contribution is 5.87. The summed E-state index contributed by atoms with van der Waals surface area (Å²) in [6.07, 6.45) is 1.12. The number of carbonyl (C=O) groups excluding carboxylic acids is 1. The molecule has 0 aliphatic heterocycles. The van der Waals surface area contributed by atoms with Crippen LogP contribution < -0.4 is 5.73 Å². The van der Waals surface area contributed by atoms with Gasteiger partial charge in [-0.2, -0.15) is 10.5 Å². The van der Waals surface area contributed by atoms with Crippen molar-refractivity contribution in [2.24, 2.45) is 10.7 Å². The molecule has 0 aromatic heterocycles. The minimum atomic E-state index is -0.953. The van der Waals surface area contributed by atoms with Gasteiger partial charge in [0.1, 0.15) is 5.78 Å². The molecule has 0 bridgehead atoms. The molecule has 2 N–H and O–H groups in total. The van der Waals surface area contributed by atoms with Gasteiger partial charge in [0.2, 0.25) is 0 Å². The van der Waals surface area contributed by atoms with Crippen molar-refractivity contribution < 1.29 is 4.79 Å². The second-order valence-corrected chi connectivity index (χ2v) is 7.04. The van der Waals surface area contributed by atoms with Crippen molar-refractivity contribution in [2.75, 3.05) is 0 Å². The highest BCUT2D eigenvalue weighted by Crippen LogP contribution is 2.41. The molecular weight excluding hydrogens is 348 g/mol. The molecule has 0 aliphatic rings. The van der Waals surface area contributed by atoms with Gasteiger partial charge in [0.25, 0.3) is 0 Å². The molecule has 0 saturated heterocycles. The standard InChI is InChI=1S/C23H24N4O/c1-16(28)22(20-11-9-18(10-12-20)7-5-13-24)23(3,27-17(2)26)21-8-4-6-19(14-21)15-25/h4,6,8-12,14,22H,5,7H2,1-3H3,(H2,26,27). The summed E-state index contributed by atoms with van der Waals surface area (Å²) in [6.45, 7) is 5.10. The molecule has 142 valence electrons. The predicted octanol–water partition coefficient (Wildman–Crippen LogP) is 3.98. The Labute approximate surface area is 166 Å². The molecule has 0 saturated carbocycles. The van der Waals surface area contributed by atoms with Crippen molar-refractivity contribution in [1.82, 2.24) is 0 Å². The number of carbonyl (C=O) groups is 1. The molecule has 2 rings (SSSR count). The zero-order valence-electron chi connectivity index (χ0n) is 16.4. The third-order valence-corrected chi connectivity index (χ3v) is 4.79. The Morgan fingerprint density at radius 3 is 2.39 bits per heavy atom. The average Bonchev–Trinajstić information content (AvgIpc) is 2.66. The monoisotopic (exact) mass is 372 g/mol. The first kappa shape index (κ1) is 20.9. The number of benzene rings is 2. The Kier molecular flexibility index (Phi) is 6.69. The van der Waals surface area contributed by atoms with E-state index in [0.717, 1.165) is 16.7 Å². The van der Waals surface area contributed by atoms with Crippen LogP contribution in [0.25, 0.3) is 0 Å². The van der Waals surface area contributed by atoms with E-state index in [4.69, 9.17) is 11.0 Å². The minimum Gasteiger partial charge on any atom is -0.388 e. The van der Waals surface area contributed by atoms with Crippen LogP contribution >= 0.6 is 0 Å². The van der Waals surface area contributed by atoms with Crippen molar-refractivity contribution in [3.8, 4) is 12.1 Å². The van der Waals surface area contributed by atoms with Gasteiger partial charge in [-0.1, -0.05) is 36.4 Å². The second-order valence-electron chi connectivity index (χ2n) is 7.04. The maximum atomic E-state index is 12.7. The highest BCUT2D eigenvalue weighted by Gasteiger charge is 2.40. The predicted molar refractivity (Wildman–Crippen MR) is 110 cm³/mol. The smallest absolute Gasteiger partial charge is 0.140 e. The first-order valence-electron chi connectivity index (χ1n) is 9.10. The van der Waals surface area contributed by atoms with Crippen LogP contribution in [0.2, 0.25) is 0 Å². The number of aryl methyl sites for hydroxylation is 1. The van der Waals surface area contributed by atoms with Gasteiger partial charge in [-0.3, -0.25) is 9.79 Å². The third-order valence-electron chi connectivity index (χ3n) is 4.79. The van der Waals surface area contributed by atoms with Crippen molar-refractivity contribution >= 4 is 11.6 Å². The lowest BCUT2D eigenvalue weighted by molar-refractivity contribution is -0.119. The molecule has 0 spiro atoms. The Morgan fingerprint density at radius 1 is 1.18 bits per heavy atom. The molecule has 28 heavy (non-hydrogen) atoms.